The minimum absolute atomic E-state index is 0.419. The number of hydrogen-bond acceptors (Lipinski definition) is 4. The van der Waals surface area contributed by atoms with Crippen molar-refractivity contribution in [3.8, 4) is 0 Å². The van der Waals surface area contributed by atoms with Gasteiger partial charge in [-0.2, -0.15) is 0 Å². The summed E-state index contributed by atoms with van der Waals surface area (Å²) >= 11 is 0. The van der Waals surface area contributed by atoms with Gasteiger partial charge in [0.2, 0.25) is 0 Å². The molecule has 11 heavy (non-hydrogen) atoms. The van der Waals surface area contributed by atoms with Crippen LogP contribution < -0.4 is 0 Å². The summed E-state index contributed by atoms with van der Waals surface area (Å²) in [7, 11) is 2.18. The van der Waals surface area contributed by atoms with E-state index in [-0.39, 0.29) is 0 Å². The highest BCUT2D eigenvalue weighted by atomic mass is 31.0. The van der Waals surface area contributed by atoms with Crippen molar-refractivity contribution in [3.63, 3.8) is 0 Å². The highest BCUT2D eigenvalue weighted by Crippen LogP contribution is 2.13. The second-order valence-corrected chi connectivity index (χ2v) is 3.33. The van der Waals surface area contributed by atoms with E-state index in [9.17, 15) is 0 Å². The molecule has 4 N–H and O–H groups in total. The van der Waals surface area contributed by atoms with E-state index in [1.54, 1.807) is 0 Å². The van der Waals surface area contributed by atoms with Gasteiger partial charge in [0.1, 0.15) is 0 Å². The van der Waals surface area contributed by atoms with Crippen LogP contribution >= 0.6 is 9.24 Å². The Morgan fingerprint density at radius 1 is 1.27 bits per heavy atom. The number of aliphatic hydroxyl groups excluding tert-OH is 4. The van der Waals surface area contributed by atoms with Crippen LogP contribution in [0.1, 0.15) is 6.92 Å². The average Bonchev–Trinajstić information content (AvgIpc) is 2.00. The van der Waals surface area contributed by atoms with Gasteiger partial charge in [0.15, 0.2) is 0 Å². The maximum absolute atomic E-state index is 9.15. The average molecular weight is 182 g/mol. The first-order valence-corrected chi connectivity index (χ1v) is 4.08. The maximum atomic E-state index is 9.15. The molecular formula is C6H15O4P. The van der Waals surface area contributed by atoms with E-state index in [1.807, 2.05) is 0 Å². The van der Waals surface area contributed by atoms with Crippen LogP contribution in [0.3, 0.4) is 0 Å². The molecule has 4 nitrogen and oxygen atoms in total. The van der Waals surface area contributed by atoms with Crippen molar-refractivity contribution in [3.05, 3.63) is 0 Å². The Balaban J connectivity index is 3.90. The molecule has 0 rings (SSSR count). The third-order valence-corrected chi connectivity index (χ3v) is 2.36. The molecule has 0 aromatic carbocycles. The van der Waals surface area contributed by atoms with E-state index in [1.165, 1.54) is 6.92 Å². The molecule has 0 spiro atoms. The minimum atomic E-state index is -1.03. The summed E-state index contributed by atoms with van der Waals surface area (Å²) < 4.78 is 0. The highest BCUT2D eigenvalue weighted by Gasteiger charge is 2.25. The topological polar surface area (TPSA) is 80.9 Å². The van der Waals surface area contributed by atoms with Crippen LogP contribution in [0.4, 0.5) is 0 Å². The monoisotopic (exact) mass is 182 g/mol. The fourth-order valence-electron chi connectivity index (χ4n) is 0.671. The number of rotatable bonds is 4. The van der Waals surface area contributed by atoms with E-state index in [2.05, 4.69) is 9.24 Å². The molecule has 0 heterocycles. The lowest BCUT2D eigenvalue weighted by Crippen LogP contribution is -2.40. The molecule has 5 heteroatoms. The van der Waals surface area contributed by atoms with Crippen LogP contribution in [-0.4, -0.2) is 51.0 Å². The Morgan fingerprint density at radius 2 is 1.73 bits per heavy atom. The predicted molar refractivity (Wildman–Crippen MR) is 44.3 cm³/mol. The molecule has 68 valence electrons. The van der Waals surface area contributed by atoms with Crippen molar-refractivity contribution in [2.24, 2.45) is 0 Å². The van der Waals surface area contributed by atoms with Crippen molar-refractivity contribution in [2.45, 2.75) is 30.9 Å². The van der Waals surface area contributed by atoms with Crippen LogP contribution in [-0.2, 0) is 0 Å². The van der Waals surface area contributed by atoms with Gasteiger partial charge in [-0.05, 0) is 6.92 Å². The van der Waals surface area contributed by atoms with Crippen molar-refractivity contribution < 1.29 is 20.4 Å². The molecule has 0 saturated heterocycles. The van der Waals surface area contributed by atoms with Crippen LogP contribution in [0.25, 0.3) is 0 Å². The molecule has 0 amide bonds. The summed E-state index contributed by atoms with van der Waals surface area (Å²) in [6, 6.07) is 0. The largest absolute Gasteiger partial charge is 0.394 e. The Kier molecular flexibility index (Phi) is 5.13. The second kappa shape index (κ2) is 5.01. The minimum Gasteiger partial charge on any atom is -0.394 e. The smallest absolute Gasteiger partial charge is 0.0884 e. The molecular weight excluding hydrogens is 167 g/mol. The van der Waals surface area contributed by atoms with E-state index in [0.29, 0.717) is 0 Å². The molecule has 0 aliphatic heterocycles. The van der Waals surface area contributed by atoms with E-state index in [4.69, 9.17) is 20.4 Å². The van der Waals surface area contributed by atoms with Crippen molar-refractivity contribution in [1.29, 1.82) is 0 Å². The van der Waals surface area contributed by atoms with Crippen molar-refractivity contribution in [2.75, 3.05) is 6.61 Å². The SMILES string of the molecule is CC(O)C(O)C(P)C(O)CO. The standard InChI is InChI=1S/C6H15O4P/c1-3(8)5(10)6(11)4(9)2-7/h3-10H,2,11H2,1H3. The first kappa shape index (κ1) is 11.3. The van der Waals surface area contributed by atoms with Gasteiger partial charge in [-0.1, -0.05) is 0 Å². The van der Waals surface area contributed by atoms with Crippen LogP contribution in [0.15, 0.2) is 0 Å². The van der Waals surface area contributed by atoms with Gasteiger partial charge in [-0.3, -0.25) is 0 Å². The zero-order valence-corrected chi connectivity index (χ0v) is 7.54. The van der Waals surface area contributed by atoms with Gasteiger partial charge in [-0.25, -0.2) is 0 Å². The third kappa shape index (κ3) is 3.45. The van der Waals surface area contributed by atoms with Gasteiger partial charge in [0, 0.05) is 5.66 Å². The third-order valence-electron chi connectivity index (χ3n) is 1.52. The van der Waals surface area contributed by atoms with E-state index in [0.717, 1.165) is 0 Å². The summed E-state index contributed by atoms with van der Waals surface area (Å²) in [5.74, 6) is 0. The van der Waals surface area contributed by atoms with Gasteiger partial charge in [0.25, 0.3) is 0 Å². The first-order valence-electron chi connectivity index (χ1n) is 3.41. The molecule has 5 unspecified atom stereocenters. The Labute approximate surface area is 68.1 Å². The van der Waals surface area contributed by atoms with Crippen LogP contribution in [0.5, 0.6) is 0 Å². The lowest BCUT2D eigenvalue weighted by molar-refractivity contribution is -0.00995. The molecule has 0 bridgehead atoms. The highest BCUT2D eigenvalue weighted by molar-refractivity contribution is 7.17. The van der Waals surface area contributed by atoms with Crippen LogP contribution in [0.2, 0.25) is 0 Å². The van der Waals surface area contributed by atoms with Gasteiger partial charge in [0.05, 0.1) is 24.9 Å². The number of hydrogen-bond donors (Lipinski definition) is 4. The van der Waals surface area contributed by atoms with Gasteiger partial charge < -0.3 is 20.4 Å². The second-order valence-electron chi connectivity index (χ2n) is 2.56. The summed E-state index contributed by atoms with van der Waals surface area (Å²) in [5.41, 5.74) is -0.597. The molecule has 5 atom stereocenters. The van der Waals surface area contributed by atoms with Crippen molar-refractivity contribution in [1.82, 2.24) is 0 Å². The number of aliphatic hydroxyl groups is 4. The first-order chi connectivity index (χ1) is 5.00. The normalized spacial score (nSPS) is 22.4. The Bertz CT molecular complexity index is 109. The van der Waals surface area contributed by atoms with E-state index < -0.39 is 30.6 Å². The van der Waals surface area contributed by atoms with E-state index >= 15 is 0 Å². The lowest BCUT2D eigenvalue weighted by atomic mass is 10.1. The van der Waals surface area contributed by atoms with Gasteiger partial charge >= 0.3 is 0 Å². The zero-order valence-electron chi connectivity index (χ0n) is 6.38. The zero-order chi connectivity index (χ0) is 9.02. The molecule has 0 aromatic rings. The molecule has 0 aromatic heterocycles. The lowest BCUT2D eigenvalue weighted by Gasteiger charge is -2.24. The summed E-state index contributed by atoms with van der Waals surface area (Å²) in [5, 5.41) is 35.5. The molecule has 0 aliphatic rings. The summed E-state index contributed by atoms with van der Waals surface area (Å²) in [4.78, 5) is 0. The predicted octanol–water partition coefficient (Wildman–Crippen LogP) is -1.68. The molecule has 0 saturated carbocycles. The van der Waals surface area contributed by atoms with Crippen molar-refractivity contribution >= 4 is 9.24 Å². The Morgan fingerprint density at radius 3 is 2.00 bits per heavy atom. The fourth-order valence-corrected chi connectivity index (χ4v) is 1.11. The molecule has 0 fully saturated rings. The van der Waals surface area contributed by atoms with Crippen LogP contribution in [0, 0.1) is 0 Å². The molecule has 0 radical (unpaired) electrons. The maximum Gasteiger partial charge on any atom is 0.0884 e. The fraction of sp³-hybridized carbons (Fsp3) is 1.00. The Hall–Kier alpha value is 0.270. The summed E-state index contributed by atoms with van der Waals surface area (Å²) in [6.45, 7) is 1.00. The summed E-state index contributed by atoms with van der Waals surface area (Å²) in [6.07, 6.45) is -2.94. The quantitative estimate of drug-likeness (QED) is 0.392. The van der Waals surface area contributed by atoms with Gasteiger partial charge in [-0.15, -0.1) is 9.24 Å². The molecule has 0 aliphatic carbocycles.